The zero-order chi connectivity index (χ0) is 12.1. The van der Waals surface area contributed by atoms with Crippen LogP contribution in [0.5, 0.6) is 0 Å². The number of alkyl halides is 1. The summed E-state index contributed by atoms with van der Waals surface area (Å²) in [5, 5.41) is 0. The Hall–Kier alpha value is -0.0500. The van der Waals surface area contributed by atoms with Crippen LogP contribution in [0.1, 0.15) is 40.5 Å². The van der Waals surface area contributed by atoms with Crippen LogP contribution < -0.4 is 0 Å². The molecule has 0 aromatic rings. The molecule has 3 atom stereocenters. The van der Waals surface area contributed by atoms with Crippen LogP contribution in [-0.4, -0.2) is 24.9 Å². The maximum Gasteiger partial charge on any atom is 0.171 e. The molecule has 2 nitrogen and oxygen atoms in total. The standard InChI is InChI=1S/C13H23ClO2/c1-5-6-15-13(8-14)16-12-7-9(2)10(3)11(12)4/h9,12-13H,5-8H2,1-4H3. The number of hydrogen-bond acceptors (Lipinski definition) is 2. The van der Waals surface area contributed by atoms with Gasteiger partial charge in [0.2, 0.25) is 0 Å². The van der Waals surface area contributed by atoms with E-state index in [4.69, 9.17) is 21.1 Å². The highest BCUT2D eigenvalue weighted by molar-refractivity contribution is 6.18. The molecule has 0 heterocycles. The van der Waals surface area contributed by atoms with Crippen LogP contribution in [0.4, 0.5) is 0 Å². The summed E-state index contributed by atoms with van der Waals surface area (Å²) in [7, 11) is 0. The summed E-state index contributed by atoms with van der Waals surface area (Å²) in [5.74, 6) is 1.02. The third-order valence-electron chi connectivity index (χ3n) is 3.36. The van der Waals surface area contributed by atoms with E-state index in [1.807, 2.05) is 0 Å². The lowest BCUT2D eigenvalue weighted by Gasteiger charge is -2.21. The van der Waals surface area contributed by atoms with E-state index in [9.17, 15) is 0 Å². The summed E-state index contributed by atoms with van der Waals surface area (Å²) >= 11 is 5.84. The largest absolute Gasteiger partial charge is 0.351 e. The fraction of sp³-hybridized carbons (Fsp3) is 0.846. The molecular weight excluding hydrogens is 224 g/mol. The quantitative estimate of drug-likeness (QED) is 0.404. The summed E-state index contributed by atoms with van der Waals surface area (Å²) in [4.78, 5) is 0. The van der Waals surface area contributed by atoms with Gasteiger partial charge in [-0.05, 0) is 38.2 Å². The zero-order valence-corrected chi connectivity index (χ0v) is 11.5. The third-order valence-corrected chi connectivity index (χ3v) is 3.61. The highest BCUT2D eigenvalue weighted by atomic mass is 35.5. The molecule has 0 saturated heterocycles. The maximum absolute atomic E-state index is 5.90. The monoisotopic (exact) mass is 246 g/mol. The summed E-state index contributed by atoms with van der Waals surface area (Å²) in [6, 6.07) is 0. The second kappa shape index (κ2) is 6.63. The van der Waals surface area contributed by atoms with Gasteiger partial charge < -0.3 is 9.47 Å². The van der Waals surface area contributed by atoms with Crippen LogP contribution in [-0.2, 0) is 9.47 Å². The fourth-order valence-corrected chi connectivity index (χ4v) is 2.19. The predicted molar refractivity (Wildman–Crippen MR) is 67.8 cm³/mol. The lowest BCUT2D eigenvalue weighted by atomic mass is 10.1. The van der Waals surface area contributed by atoms with Gasteiger partial charge in [-0.25, -0.2) is 0 Å². The Labute approximate surface area is 104 Å². The van der Waals surface area contributed by atoms with E-state index in [0.29, 0.717) is 18.4 Å². The second-order valence-electron chi connectivity index (χ2n) is 4.58. The van der Waals surface area contributed by atoms with Gasteiger partial charge in [0.1, 0.15) is 0 Å². The summed E-state index contributed by atoms with van der Waals surface area (Å²) in [6.07, 6.45) is 1.97. The summed E-state index contributed by atoms with van der Waals surface area (Å²) < 4.78 is 11.4. The van der Waals surface area contributed by atoms with Crippen molar-refractivity contribution in [3.63, 3.8) is 0 Å². The lowest BCUT2D eigenvalue weighted by Crippen LogP contribution is -2.26. The molecule has 16 heavy (non-hydrogen) atoms. The second-order valence-corrected chi connectivity index (χ2v) is 4.89. The average molecular weight is 247 g/mol. The van der Waals surface area contributed by atoms with Crippen LogP contribution in [0.25, 0.3) is 0 Å². The molecule has 0 amide bonds. The molecule has 94 valence electrons. The molecule has 3 unspecified atom stereocenters. The first-order valence-corrected chi connectivity index (χ1v) is 6.63. The minimum atomic E-state index is -0.264. The van der Waals surface area contributed by atoms with E-state index >= 15 is 0 Å². The van der Waals surface area contributed by atoms with Crippen molar-refractivity contribution in [3.05, 3.63) is 11.1 Å². The van der Waals surface area contributed by atoms with Crippen LogP contribution in [0.2, 0.25) is 0 Å². The van der Waals surface area contributed by atoms with Crippen molar-refractivity contribution in [2.24, 2.45) is 5.92 Å². The molecular formula is C13H23ClO2. The van der Waals surface area contributed by atoms with Gasteiger partial charge in [-0.3, -0.25) is 0 Å². The Morgan fingerprint density at radius 1 is 1.38 bits per heavy atom. The third kappa shape index (κ3) is 3.47. The van der Waals surface area contributed by atoms with Crippen molar-refractivity contribution >= 4 is 11.6 Å². The van der Waals surface area contributed by atoms with Crippen LogP contribution in [0.15, 0.2) is 11.1 Å². The highest BCUT2D eigenvalue weighted by Gasteiger charge is 2.28. The molecule has 0 aliphatic heterocycles. The predicted octanol–water partition coefficient (Wildman–Crippen LogP) is 3.74. The van der Waals surface area contributed by atoms with E-state index < -0.39 is 0 Å². The Balaban J connectivity index is 2.47. The van der Waals surface area contributed by atoms with Gasteiger partial charge in [-0.2, -0.15) is 0 Å². The van der Waals surface area contributed by atoms with Gasteiger partial charge in [-0.15, -0.1) is 11.6 Å². The van der Waals surface area contributed by atoms with E-state index in [2.05, 4.69) is 27.7 Å². The van der Waals surface area contributed by atoms with E-state index in [1.165, 1.54) is 11.1 Å². The number of ether oxygens (including phenoxy) is 2. The summed E-state index contributed by atoms with van der Waals surface area (Å²) in [6.45, 7) is 9.37. The SMILES string of the molecule is CCCOC(CCl)OC1CC(C)C(C)=C1C. The number of hydrogen-bond donors (Lipinski definition) is 0. The number of allylic oxidation sites excluding steroid dienone is 1. The first kappa shape index (κ1) is 14.0. The Bertz CT molecular complexity index is 250. The van der Waals surface area contributed by atoms with Crippen LogP contribution in [0, 0.1) is 5.92 Å². The van der Waals surface area contributed by atoms with E-state index in [1.54, 1.807) is 0 Å². The first-order chi connectivity index (χ1) is 7.60. The highest BCUT2D eigenvalue weighted by Crippen LogP contribution is 2.33. The Kier molecular flexibility index (Phi) is 5.81. The van der Waals surface area contributed by atoms with E-state index in [0.717, 1.165) is 12.8 Å². The minimum Gasteiger partial charge on any atom is -0.351 e. The molecule has 0 aromatic heterocycles. The van der Waals surface area contributed by atoms with Crippen molar-refractivity contribution in [1.82, 2.24) is 0 Å². The van der Waals surface area contributed by atoms with Gasteiger partial charge >= 0.3 is 0 Å². The Morgan fingerprint density at radius 3 is 2.50 bits per heavy atom. The molecule has 1 rings (SSSR count). The van der Waals surface area contributed by atoms with Gasteiger partial charge in [-0.1, -0.05) is 19.4 Å². The molecule has 3 heteroatoms. The molecule has 0 fully saturated rings. The topological polar surface area (TPSA) is 18.5 Å². The van der Waals surface area contributed by atoms with Crippen molar-refractivity contribution in [3.8, 4) is 0 Å². The van der Waals surface area contributed by atoms with Gasteiger partial charge in [0.25, 0.3) is 0 Å². The molecule has 0 N–H and O–H groups in total. The number of rotatable bonds is 6. The van der Waals surface area contributed by atoms with Crippen LogP contribution in [0.3, 0.4) is 0 Å². The Morgan fingerprint density at radius 2 is 2.06 bits per heavy atom. The molecule has 1 aliphatic rings. The maximum atomic E-state index is 5.90. The number of halogens is 1. The van der Waals surface area contributed by atoms with Crippen molar-refractivity contribution in [2.45, 2.75) is 52.9 Å². The normalized spacial score (nSPS) is 27.6. The smallest absolute Gasteiger partial charge is 0.171 e. The van der Waals surface area contributed by atoms with E-state index in [-0.39, 0.29) is 12.4 Å². The molecule has 0 saturated carbocycles. The van der Waals surface area contributed by atoms with Gasteiger partial charge in [0.05, 0.1) is 12.0 Å². The molecule has 0 bridgehead atoms. The molecule has 1 aliphatic carbocycles. The molecule has 0 spiro atoms. The van der Waals surface area contributed by atoms with Crippen LogP contribution >= 0.6 is 11.6 Å². The first-order valence-electron chi connectivity index (χ1n) is 6.10. The minimum absolute atomic E-state index is 0.190. The fourth-order valence-electron chi connectivity index (χ4n) is 2.03. The average Bonchev–Trinajstić information content (AvgIpc) is 2.52. The lowest BCUT2D eigenvalue weighted by molar-refractivity contribution is -0.149. The molecule has 0 aromatic carbocycles. The van der Waals surface area contributed by atoms with Crippen molar-refractivity contribution in [2.75, 3.05) is 12.5 Å². The van der Waals surface area contributed by atoms with Crippen molar-refractivity contribution in [1.29, 1.82) is 0 Å². The van der Waals surface area contributed by atoms with Crippen molar-refractivity contribution < 1.29 is 9.47 Å². The van der Waals surface area contributed by atoms with Gasteiger partial charge in [0, 0.05) is 6.61 Å². The summed E-state index contributed by atoms with van der Waals surface area (Å²) in [5.41, 5.74) is 2.80. The van der Waals surface area contributed by atoms with Gasteiger partial charge in [0.15, 0.2) is 6.29 Å². The molecule has 0 radical (unpaired) electrons. The zero-order valence-electron chi connectivity index (χ0n) is 10.8.